The molecular formula is C18H25NO3. The highest BCUT2D eigenvalue weighted by Crippen LogP contribution is 2.24. The van der Waals surface area contributed by atoms with Crippen molar-refractivity contribution in [3.05, 3.63) is 28.8 Å². The van der Waals surface area contributed by atoms with Crippen molar-refractivity contribution in [3.63, 3.8) is 0 Å². The standard InChI is InChI=1S/C18H25NO3/c1-13-10-14(2)18(15(3)11-13)22-17(21)12-19-9-7-5-4-6-8-16(19)20/h10-11H,4-9,12H2,1-3H3. The molecule has 120 valence electrons. The molecule has 22 heavy (non-hydrogen) atoms. The van der Waals surface area contributed by atoms with E-state index in [4.69, 9.17) is 4.74 Å². The first kappa shape index (κ1) is 16.5. The number of rotatable bonds is 3. The van der Waals surface area contributed by atoms with E-state index in [1.54, 1.807) is 4.90 Å². The van der Waals surface area contributed by atoms with Gasteiger partial charge in [0.2, 0.25) is 5.91 Å². The van der Waals surface area contributed by atoms with Crippen LogP contribution in [0.1, 0.15) is 48.8 Å². The van der Waals surface area contributed by atoms with E-state index in [1.807, 2.05) is 32.9 Å². The molecule has 0 radical (unpaired) electrons. The second kappa shape index (κ2) is 7.43. The zero-order chi connectivity index (χ0) is 16.1. The Morgan fingerprint density at radius 2 is 1.73 bits per heavy atom. The highest BCUT2D eigenvalue weighted by atomic mass is 16.5. The van der Waals surface area contributed by atoms with Crippen molar-refractivity contribution in [2.75, 3.05) is 13.1 Å². The van der Waals surface area contributed by atoms with Gasteiger partial charge in [-0.05, 0) is 44.7 Å². The van der Waals surface area contributed by atoms with E-state index in [0.717, 1.165) is 42.4 Å². The van der Waals surface area contributed by atoms with Gasteiger partial charge in [-0.15, -0.1) is 0 Å². The Bertz CT molecular complexity index is 542. The Labute approximate surface area is 132 Å². The van der Waals surface area contributed by atoms with Crippen LogP contribution >= 0.6 is 0 Å². The summed E-state index contributed by atoms with van der Waals surface area (Å²) in [5, 5.41) is 0. The molecular weight excluding hydrogens is 278 g/mol. The molecule has 0 bridgehead atoms. The van der Waals surface area contributed by atoms with Crippen LogP contribution in [0.5, 0.6) is 5.75 Å². The first-order valence-electron chi connectivity index (χ1n) is 8.03. The summed E-state index contributed by atoms with van der Waals surface area (Å²) in [6.07, 6.45) is 4.64. The summed E-state index contributed by atoms with van der Waals surface area (Å²) in [6, 6.07) is 3.99. The zero-order valence-electron chi connectivity index (χ0n) is 13.8. The minimum Gasteiger partial charge on any atom is -0.425 e. The molecule has 1 aromatic rings. The van der Waals surface area contributed by atoms with Gasteiger partial charge < -0.3 is 9.64 Å². The van der Waals surface area contributed by atoms with E-state index in [9.17, 15) is 9.59 Å². The number of amides is 1. The maximum absolute atomic E-state index is 12.2. The molecule has 1 fully saturated rings. The summed E-state index contributed by atoms with van der Waals surface area (Å²) in [4.78, 5) is 25.9. The molecule has 4 nitrogen and oxygen atoms in total. The summed E-state index contributed by atoms with van der Waals surface area (Å²) in [6.45, 7) is 6.59. The molecule has 0 N–H and O–H groups in total. The predicted molar refractivity (Wildman–Crippen MR) is 86.0 cm³/mol. The molecule has 1 aromatic carbocycles. The van der Waals surface area contributed by atoms with E-state index < -0.39 is 0 Å². The van der Waals surface area contributed by atoms with Crippen LogP contribution in [0.15, 0.2) is 12.1 Å². The lowest BCUT2D eigenvalue weighted by Gasteiger charge is -2.24. The van der Waals surface area contributed by atoms with Crippen molar-refractivity contribution in [1.29, 1.82) is 0 Å². The average Bonchev–Trinajstić information content (AvgIpc) is 2.42. The van der Waals surface area contributed by atoms with Crippen molar-refractivity contribution in [2.24, 2.45) is 0 Å². The second-order valence-electron chi connectivity index (χ2n) is 6.18. The summed E-state index contributed by atoms with van der Waals surface area (Å²) < 4.78 is 5.52. The van der Waals surface area contributed by atoms with Crippen molar-refractivity contribution in [2.45, 2.75) is 52.9 Å². The molecule has 0 atom stereocenters. The fourth-order valence-electron chi connectivity index (χ4n) is 3.01. The van der Waals surface area contributed by atoms with Crippen LogP contribution in [0.4, 0.5) is 0 Å². The molecule has 0 spiro atoms. The number of likely N-dealkylation sites (tertiary alicyclic amines) is 1. The summed E-state index contributed by atoms with van der Waals surface area (Å²) in [7, 11) is 0. The lowest BCUT2D eigenvalue weighted by atomic mass is 10.1. The minimum atomic E-state index is -0.357. The highest BCUT2D eigenvalue weighted by molar-refractivity contribution is 5.83. The Kier molecular flexibility index (Phi) is 5.58. The van der Waals surface area contributed by atoms with Gasteiger partial charge in [-0.2, -0.15) is 0 Å². The van der Waals surface area contributed by atoms with Gasteiger partial charge in [-0.1, -0.05) is 30.5 Å². The van der Waals surface area contributed by atoms with Gasteiger partial charge in [-0.25, -0.2) is 4.79 Å². The lowest BCUT2D eigenvalue weighted by Crippen LogP contribution is -2.38. The molecule has 0 unspecified atom stereocenters. The van der Waals surface area contributed by atoms with Crippen LogP contribution < -0.4 is 4.74 Å². The number of ether oxygens (including phenoxy) is 1. The number of benzene rings is 1. The summed E-state index contributed by atoms with van der Waals surface area (Å²) in [5.74, 6) is 0.327. The molecule has 1 saturated heterocycles. The van der Waals surface area contributed by atoms with Gasteiger partial charge in [0, 0.05) is 13.0 Å². The normalized spacial score (nSPS) is 16.1. The van der Waals surface area contributed by atoms with Crippen LogP contribution in [0.3, 0.4) is 0 Å². The van der Waals surface area contributed by atoms with Gasteiger partial charge in [0.25, 0.3) is 0 Å². The van der Waals surface area contributed by atoms with Crippen LogP contribution in [-0.2, 0) is 9.59 Å². The number of hydrogen-bond acceptors (Lipinski definition) is 3. The summed E-state index contributed by atoms with van der Waals surface area (Å²) >= 11 is 0. The van der Waals surface area contributed by atoms with E-state index in [1.165, 1.54) is 0 Å². The Morgan fingerprint density at radius 1 is 1.09 bits per heavy atom. The molecule has 1 aliphatic heterocycles. The molecule has 1 amide bonds. The van der Waals surface area contributed by atoms with Crippen molar-refractivity contribution < 1.29 is 14.3 Å². The van der Waals surface area contributed by atoms with Crippen LogP contribution in [0.25, 0.3) is 0 Å². The number of carbonyl (C=O) groups is 2. The Hall–Kier alpha value is -1.84. The van der Waals surface area contributed by atoms with E-state index in [0.29, 0.717) is 18.7 Å². The quantitative estimate of drug-likeness (QED) is 0.636. The minimum absolute atomic E-state index is 0.0472. The maximum Gasteiger partial charge on any atom is 0.331 e. The van der Waals surface area contributed by atoms with Crippen LogP contribution in [0.2, 0.25) is 0 Å². The fourth-order valence-corrected chi connectivity index (χ4v) is 3.01. The third kappa shape index (κ3) is 4.33. The van der Waals surface area contributed by atoms with Crippen molar-refractivity contribution >= 4 is 11.9 Å². The van der Waals surface area contributed by atoms with Crippen molar-refractivity contribution in [3.8, 4) is 5.75 Å². The number of hydrogen-bond donors (Lipinski definition) is 0. The van der Waals surface area contributed by atoms with Gasteiger partial charge in [0.1, 0.15) is 12.3 Å². The monoisotopic (exact) mass is 303 g/mol. The number of nitrogens with zero attached hydrogens (tertiary/aromatic N) is 1. The molecule has 0 saturated carbocycles. The molecule has 0 aromatic heterocycles. The molecule has 1 heterocycles. The Balaban J connectivity index is 2.01. The largest absolute Gasteiger partial charge is 0.425 e. The van der Waals surface area contributed by atoms with Gasteiger partial charge >= 0.3 is 5.97 Å². The van der Waals surface area contributed by atoms with Crippen molar-refractivity contribution in [1.82, 2.24) is 4.90 Å². The van der Waals surface area contributed by atoms with Gasteiger partial charge in [0.05, 0.1) is 0 Å². The third-order valence-electron chi connectivity index (χ3n) is 4.06. The molecule has 0 aliphatic carbocycles. The Morgan fingerprint density at radius 3 is 2.41 bits per heavy atom. The SMILES string of the molecule is Cc1cc(C)c(OC(=O)CN2CCCCCCC2=O)c(C)c1. The van der Waals surface area contributed by atoms with Crippen LogP contribution in [0, 0.1) is 20.8 Å². The topological polar surface area (TPSA) is 46.6 Å². The highest BCUT2D eigenvalue weighted by Gasteiger charge is 2.20. The lowest BCUT2D eigenvalue weighted by molar-refractivity contribution is -0.143. The van der Waals surface area contributed by atoms with E-state index in [2.05, 4.69) is 0 Å². The first-order chi connectivity index (χ1) is 10.5. The average molecular weight is 303 g/mol. The predicted octanol–water partition coefficient (Wildman–Crippen LogP) is 3.31. The summed E-state index contributed by atoms with van der Waals surface area (Å²) in [5.41, 5.74) is 3.04. The molecule has 2 rings (SSSR count). The zero-order valence-corrected chi connectivity index (χ0v) is 13.8. The number of esters is 1. The number of aryl methyl sites for hydroxylation is 3. The molecule has 1 aliphatic rings. The smallest absolute Gasteiger partial charge is 0.331 e. The van der Waals surface area contributed by atoms with E-state index in [-0.39, 0.29) is 18.4 Å². The molecule has 4 heteroatoms. The van der Waals surface area contributed by atoms with Gasteiger partial charge in [0.15, 0.2) is 0 Å². The third-order valence-corrected chi connectivity index (χ3v) is 4.06. The second-order valence-corrected chi connectivity index (χ2v) is 6.18. The van der Waals surface area contributed by atoms with E-state index >= 15 is 0 Å². The fraction of sp³-hybridized carbons (Fsp3) is 0.556. The number of carbonyl (C=O) groups excluding carboxylic acids is 2. The first-order valence-corrected chi connectivity index (χ1v) is 8.03. The van der Waals surface area contributed by atoms with Crippen LogP contribution in [-0.4, -0.2) is 29.9 Å². The van der Waals surface area contributed by atoms with Gasteiger partial charge in [-0.3, -0.25) is 4.79 Å². The maximum atomic E-state index is 12.2.